The zero-order valence-electron chi connectivity index (χ0n) is 12.2. The van der Waals surface area contributed by atoms with Gasteiger partial charge < -0.3 is 4.90 Å². The summed E-state index contributed by atoms with van der Waals surface area (Å²) in [7, 11) is 4.18. The van der Waals surface area contributed by atoms with E-state index in [1.165, 1.54) is 5.56 Å². The van der Waals surface area contributed by atoms with Gasteiger partial charge in [-0.15, -0.1) is 11.8 Å². The van der Waals surface area contributed by atoms with Crippen LogP contribution < -0.4 is 0 Å². The lowest BCUT2D eigenvalue weighted by molar-refractivity contribution is 0.437. The Morgan fingerprint density at radius 2 is 1.67 bits per heavy atom. The van der Waals surface area contributed by atoms with Crippen molar-refractivity contribution in [1.29, 1.82) is 0 Å². The lowest BCUT2D eigenvalue weighted by atomic mass is 10.0. The van der Waals surface area contributed by atoms with E-state index in [2.05, 4.69) is 37.2 Å². The molecule has 0 saturated carbocycles. The molecular weight excluding hydrogens is 321 g/mol. The van der Waals surface area contributed by atoms with Gasteiger partial charge in [0.05, 0.1) is 5.25 Å². The molecule has 0 aliphatic heterocycles. The van der Waals surface area contributed by atoms with Crippen molar-refractivity contribution in [2.45, 2.75) is 5.25 Å². The zero-order chi connectivity index (χ0) is 15.2. The number of thioether (sulfide) groups is 1. The van der Waals surface area contributed by atoms with E-state index in [0.717, 1.165) is 27.9 Å². The van der Waals surface area contributed by atoms with Gasteiger partial charge in [0.2, 0.25) is 0 Å². The third kappa shape index (κ3) is 4.93. The lowest BCUT2D eigenvalue weighted by Crippen LogP contribution is -2.15. The van der Waals surface area contributed by atoms with Crippen LogP contribution in [0.25, 0.3) is 0 Å². The molecule has 0 aliphatic rings. The predicted molar refractivity (Wildman–Crippen MR) is 95.8 cm³/mol. The van der Waals surface area contributed by atoms with Gasteiger partial charge in [-0.2, -0.15) is 0 Å². The van der Waals surface area contributed by atoms with Gasteiger partial charge in [0, 0.05) is 22.3 Å². The maximum atomic E-state index is 6.39. The fourth-order valence-corrected chi connectivity index (χ4v) is 3.92. The molecule has 0 spiro atoms. The van der Waals surface area contributed by atoms with E-state index < -0.39 is 0 Å². The molecule has 0 amide bonds. The molecule has 0 N–H and O–H groups in total. The Kier molecular flexibility index (Phi) is 6.43. The van der Waals surface area contributed by atoms with Gasteiger partial charge in [-0.25, -0.2) is 0 Å². The van der Waals surface area contributed by atoms with Crippen LogP contribution in [0.2, 0.25) is 10.0 Å². The molecule has 112 valence electrons. The molecule has 0 bridgehead atoms. The second-order valence-corrected chi connectivity index (χ2v) is 7.18. The minimum absolute atomic E-state index is 0.232. The van der Waals surface area contributed by atoms with Crippen LogP contribution in [-0.4, -0.2) is 31.3 Å². The molecule has 0 fully saturated rings. The van der Waals surface area contributed by atoms with Crippen LogP contribution in [0.5, 0.6) is 0 Å². The van der Waals surface area contributed by atoms with Crippen molar-refractivity contribution in [3.8, 4) is 0 Å². The second-order valence-electron chi connectivity index (χ2n) is 5.13. The molecule has 1 nitrogen and oxygen atoms in total. The number of benzene rings is 2. The highest BCUT2D eigenvalue weighted by Gasteiger charge is 2.17. The van der Waals surface area contributed by atoms with E-state index in [0.29, 0.717) is 0 Å². The van der Waals surface area contributed by atoms with Crippen LogP contribution in [-0.2, 0) is 0 Å². The van der Waals surface area contributed by atoms with E-state index in [1.54, 1.807) is 0 Å². The summed E-state index contributed by atoms with van der Waals surface area (Å²) < 4.78 is 0. The smallest absolute Gasteiger partial charge is 0.0561 e. The number of nitrogens with zero attached hydrogens (tertiary/aromatic N) is 1. The van der Waals surface area contributed by atoms with E-state index in [-0.39, 0.29) is 5.25 Å². The Labute approximate surface area is 141 Å². The molecule has 0 radical (unpaired) electrons. The van der Waals surface area contributed by atoms with Crippen LogP contribution in [0.4, 0.5) is 0 Å². The number of halogens is 2. The molecule has 4 heteroatoms. The standard InChI is InChI=1S/C17H19Cl2NS/c1-20(2)11-12-21-17(13-7-9-14(18)10-8-13)15-5-3-4-6-16(15)19/h3-10,17H,11-12H2,1-2H3/t17-/m0/s1. The fourth-order valence-electron chi connectivity index (χ4n) is 2.04. The Morgan fingerprint density at radius 1 is 1.00 bits per heavy atom. The summed E-state index contributed by atoms with van der Waals surface area (Å²) in [5.74, 6) is 1.05. The van der Waals surface area contributed by atoms with Gasteiger partial charge in [-0.1, -0.05) is 53.5 Å². The van der Waals surface area contributed by atoms with Crippen LogP contribution in [0.1, 0.15) is 16.4 Å². The number of rotatable bonds is 6. The fraction of sp³-hybridized carbons (Fsp3) is 0.294. The molecule has 21 heavy (non-hydrogen) atoms. The van der Waals surface area contributed by atoms with E-state index in [9.17, 15) is 0 Å². The molecule has 2 rings (SSSR count). The van der Waals surface area contributed by atoms with Crippen LogP contribution in [0.3, 0.4) is 0 Å². The molecule has 1 atom stereocenters. The molecule has 0 unspecified atom stereocenters. The van der Waals surface area contributed by atoms with Crippen molar-refractivity contribution in [3.63, 3.8) is 0 Å². The highest BCUT2D eigenvalue weighted by Crippen LogP contribution is 2.39. The summed E-state index contributed by atoms with van der Waals surface area (Å²) in [6.07, 6.45) is 0. The topological polar surface area (TPSA) is 3.24 Å². The normalized spacial score (nSPS) is 12.6. The first-order valence-electron chi connectivity index (χ1n) is 6.84. The lowest BCUT2D eigenvalue weighted by Gasteiger charge is -2.20. The SMILES string of the molecule is CN(C)CCS[C@@H](c1ccc(Cl)cc1)c1ccccc1Cl. The minimum Gasteiger partial charge on any atom is -0.309 e. The molecule has 2 aromatic carbocycles. The Balaban J connectivity index is 2.26. The van der Waals surface area contributed by atoms with Crippen molar-refractivity contribution in [3.05, 3.63) is 69.7 Å². The monoisotopic (exact) mass is 339 g/mol. The third-order valence-corrected chi connectivity index (χ3v) is 5.06. The molecule has 0 heterocycles. The molecule has 0 aliphatic carbocycles. The van der Waals surface area contributed by atoms with E-state index in [4.69, 9.17) is 23.2 Å². The average Bonchev–Trinajstić information content (AvgIpc) is 2.46. The van der Waals surface area contributed by atoms with E-state index >= 15 is 0 Å². The first-order chi connectivity index (χ1) is 10.1. The Morgan fingerprint density at radius 3 is 2.29 bits per heavy atom. The van der Waals surface area contributed by atoms with Crippen LogP contribution in [0.15, 0.2) is 48.5 Å². The summed E-state index contributed by atoms with van der Waals surface area (Å²) in [4.78, 5) is 2.19. The van der Waals surface area contributed by atoms with Crippen LogP contribution >= 0.6 is 35.0 Å². The first-order valence-corrected chi connectivity index (χ1v) is 8.64. The van der Waals surface area contributed by atoms with Crippen molar-refractivity contribution < 1.29 is 0 Å². The highest BCUT2D eigenvalue weighted by molar-refractivity contribution is 7.99. The summed E-state index contributed by atoms with van der Waals surface area (Å²) in [5.41, 5.74) is 2.39. The van der Waals surface area contributed by atoms with Gasteiger partial charge in [-0.05, 0) is 43.4 Å². The summed E-state index contributed by atoms with van der Waals surface area (Å²) in [6, 6.07) is 16.1. The number of hydrogen-bond donors (Lipinski definition) is 0. The largest absolute Gasteiger partial charge is 0.309 e. The number of hydrogen-bond acceptors (Lipinski definition) is 2. The van der Waals surface area contributed by atoms with Crippen molar-refractivity contribution in [2.75, 3.05) is 26.4 Å². The molecular formula is C17H19Cl2NS. The zero-order valence-corrected chi connectivity index (χ0v) is 14.6. The highest BCUT2D eigenvalue weighted by atomic mass is 35.5. The third-order valence-electron chi connectivity index (χ3n) is 3.18. The maximum Gasteiger partial charge on any atom is 0.0561 e. The van der Waals surface area contributed by atoms with Crippen LogP contribution in [0, 0.1) is 0 Å². The second kappa shape index (κ2) is 8.09. The van der Waals surface area contributed by atoms with E-state index in [1.807, 2.05) is 42.1 Å². The van der Waals surface area contributed by atoms with Gasteiger partial charge in [0.15, 0.2) is 0 Å². The Hall–Kier alpha value is -0.670. The minimum atomic E-state index is 0.232. The summed E-state index contributed by atoms with van der Waals surface area (Å²) >= 11 is 14.3. The van der Waals surface area contributed by atoms with Gasteiger partial charge >= 0.3 is 0 Å². The van der Waals surface area contributed by atoms with Crippen molar-refractivity contribution in [2.24, 2.45) is 0 Å². The van der Waals surface area contributed by atoms with Gasteiger partial charge in [-0.3, -0.25) is 0 Å². The van der Waals surface area contributed by atoms with Gasteiger partial charge in [0.25, 0.3) is 0 Å². The molecule has 0 saturated heterocycles. The Bertz CT molecular complexity index is 569. The van der Waals surface area contributed by atoms with Gasteiger partial charge in [0.1, 0.15) is 0 Å². The quantitative estimate of drug-likeness (QED) is 0.695. The molecule has 0 aromatic heterocycles. The van der Waals surface area contributed by atoms with Crippen molar-refractivity contribution >= 4 is 35.0 Å². The predicted octanol–water partition coefficient (Wildman–Crippen LogP) is 5.38. The summed E-state index contributed by atoms with van der Waals surface area (Å²) in [6.45, 7) is 1.04. The van der Waals surface area contributed by atoms with Crippen molar-refractivity contribution in [1.82, 2.24) is 4.90 Å². The average molecular weight is 340 g/mol. The summed E-state index contributed by atoms with van der Waals surface area (Å²) in [5, 5.41) is 1.81. The maximum absolute atomic E-state index is 6.39. The molecule has 2 aromatic rings. The first kappa shape index (κ1) is 16.7.